The third-order valence-electron chi connectivity index (χ3n) is 4.30. The number of pyridine rings is 1. The molecule has 0 aliphatic heterocycles. The van der Waals surface area contributed by atoms with Gasteiger partial charge >= 0.3 is 0 Å². The molecule has 28 heavy (non-hydrogen) atoms. The van der Waals surface area contributed by atoms with Gasteiger partial charge in [0.15, 0.2) is 9.84 Å². The van der Waals surface area contributed by atoms with E-state index in [0.29, 0.717) is 11.1 Å². The predicted molar refractivity (Wildman–Crippen MR) is 112 cm³/mol. The van der Waals surface area contributed by atoms with Crippen LogP contribution < -0.4 is 10.2 Å². The number of amides is 1. The number of rotatable bonds is 7. The number of sulfone groups is 1. The van der Waals surface area contributed by atoms with Crippen molar-refractivity contribution in [3.05, 3.63) is 77.4 Å². The van der Waals surface area contributed by atoms with Crippen LogP contribution in [0.3, 0.4) is 0 Å². The average molecular weight is 416 g/mol. The number of carbonyl (C=O) groups is 1. The zero-order valence-corrected chi connectivity index (χ0v) is 17.2. The summed E-state index contributed by atoms with van der Waals surface area (Å²) in [5, 5.41) is 3.58. The summed E-state index contributed by atoms with van der Waals surface area (Å²) in [5.41, 5.74) is 1.98. The molecule has 1 amide bonds. The van der Waals surface area contributed by atoms with Gasteiger partial charge in [-0.15, -0.1) is 11.3 Å². The number of hydrogen-bond acceptors (Lipinski definition) is 6. The van der Waals surface area contributed by atoms with Gasteiger partial charge in [-0.3, -0.25) is 9.78 Å². The highest BCUT2D eigenvalue weighted by Gasteiger charge is 2.30. The Morgan fingerprint density at radius 2 is 1.89 bits per heavy atom. The van der Waals surface area contributed by atoms with Crippen molar-refractivity contribution in [3.8, 4) is 0 Å². The minimum absolute atomic E-state index is 0.0325. The summed E-state index contributed by atoms with van der Waals surface area (Å²) in [7, 11) is 0.192. The van der Waals surface area contributed by atoms with Crippen LogP contribution in [0.4, 0.5) is 5.69 Å². The fourth-order valence-electron chi connectivity index (χ4n) is 2.74. The molecule has 0 aliphatic rings. The molecule has 146 valence electrons. The topological polar surface area (TPSA) is 79.4 Å². The molecular weight excluding hydrogens is 394 g/mol. The first-order chi connectivity index (χ1) is 13.4. The van der Waals surface area contributed by atoms with Crippen molar-refractivity contribution in [3.63, 3.8) is 0 Å². The second-order valence-electron chi connectivity index (χ2n) is 6.40. The van der Waals surface area contributed by atoms with E-state index in [4.69, 9.17) is 0 Å². The SMILES string of the molecule is CN(C)c1ccc([C@@H](CNC(=O)c2cccnc2)S(=O)(=O)c2cccs2)cc1. The van der Waals surface area contributed by atoms with Gasteiger partial charge in [-0.25, -0.2) is 8.42 Å². The van der Waals surface area contributed by atoms with Crippen molar-refractivity contribution in [1.29, 1.82) is 0 Å². The highest BCUT2D eigenvalue weighted by Crippen LogP contribution is 2.32. The molecule has 1 N–H and O–H groups in total. The van der Waals surface area contributed by atoms with Crippen LogP contribution in [0, 0.1) is 0 Å². The first-order valence-electron chi connectivity index (χ1n) is 8.62. The minimum atomic E-state index is -3.65. The van der Waals surface area contributed by atoms with E-state index in [-0.39, 0.29) is 16.7 Å². The van der Waals surface area contributed by atoms with Crippen molar-refractivity contribution in [1.82, 2.24) is 10.3 Å². The molecule has 2 heterocycles. The Labute approximate surface area is 168 Å². The molecule has 6 nitrogen and oxygen atoms in total. The van der Waals surface area contributed by atoms with Crippen LogP contribution in [0.2, 0.25) is 0 Å². The molecule has 0 saturated carbocycles. The van der Waals surface area contributed by atoms with Gasteiger partial charge in [0.25, 0.3) is 5.91 Å². The van der Waals surface area contributed by atoms with Gasteiger partial charge in [0.2, 0.25) is 0 Å². The summed E-state index contributed by atoms with van der Waals surface area (Å²) >= 11 is 1.17. The van der Waals surface area contributed by atoms with Crippen LogP contribution in [-0.2, 0) is 9.84 Å². The van der Waals surface area contributed by atoms with Crippen molar-refractivity contribution in [2.45, 2.75) is 9.46 Å². The molecule has 0 fully saturated rings. The largest absolute Gasteiger partial charge is 0.378 e. The van der Waals surface area contributed by atoms with E-state index >= 15 is 0 Å². The lowest BCUT2D eigenvalue weighted by atomic mass is 10.1. The number of benzene rings is 1. The standard InChI is InChI=1S/C20H21N3O3S2/c1-23(2)17-9-7-15(8-10-17)18(28(25,26)19-6-4-12-27-19)14-22-20(24)16-5-3-11-21-13-16/h3-13,18H,14H2,1-2H3,(H,22,24)/t18-/m1/s1. The van der Waals surface area contributed by atoms with E-state index < -0.39 is 15.1 Å². The minimum Gasteiger partial charge on any atom is -0.378 e. The van der Waals surface area contributed by atoms with Crippen molar-refractivity contribution < 1.29 is 13.2 Å². The van der Waals surface area contributed by atoms with E-state index in [1.165, 1.54) is 17.5 Å². The highest BCUT2D eigenvalue weighted by atomic mass is 32.2. The maximum Gasteiger partial charge on any atom is 0.252 e. The van der Waals surface area contributed by atoms with Gasteiger partial charge < -0.3 is 10.2 Å². The number of thiophene rings is 1. The number of anilines is 1. The lowest BCUT2D eigenvalue weighted by Crippen LogP contribution is -2.31. The zero-order chi connectivity index (χ0) is 20.1. The molecule has 1 aromatic carbocycles. The summed E-state index contributed by atoms with van der Waals surface area (Å²) in [6, 6.07) is 13.9. The number of nitrogens with one attached hydrogen (secondary N) is 1. The molecule has 0 aliphatic carbocycles. The normalized spacial score (nSPS) is 12.4. The van der Waals surface area contributed by atoms with Gasteiger partial charge in [-0.1, -0.05) is 18.2 Å². The van der Waals surface area contributed by atoms with Gasteiger partial charge in [0.05, 0.1) is 5.56 Å². The monoisotopic (exact) mass is 415 g/mol. The number of hydrogen-bond donors (Lipinski definition) is 1. The van der Waals surface area contributed by atoms with Gasteiger partial charge in [0.1, 0.15) is 9.46 Å². The summed E-state index contributed by atoms with van der Waals surface area (Å²) in [6.07, 6.45) is 3.02. The Bertz CT molecular complexity index is 1020. The fraction of sp³-hybridized carbons (Fsp3) is 0.200. The summed E-state index contributed by atoms with van der Waals surface area (Å²) in [4.78, 5) is 18.3. The zero-order valence-electron chi connectivity index (χ0n) is 15.6. The summed E-state index contributed by atoms with van der Waals surface area (Å²) in [5.74, 6) is -0.357. The van der Waals surface area contributed by atoms with E-state index in [1.807, 2.05) is 31.1 Å². The molecule has 8 heteroatoms. The maximum absolute atomic E-state index is 13.2. The Kier molecular flexibility index (Phi) is 6.11. The molecule has 3 aromatic rings. The molecule has 3 rings (SSSR count). The summed E-state index contributed by atoms with van der Waals surface area (Å²) in [6.45, 7) is -0.0325. The van der Waals surface area contributed by atoms with Crippen LogP contribution in [0.15, 0.2) is 70.5 Å². The molecule has 0 bridgehead atoms. The maximum atomic E-state index is 13.2. The molecule has 0 saturated heterocycles. The second kappa shape index (κ2) is 8.53. The Morgan fingerprint density at radius 1 is 1.14 bits per heavy atom. The second-order valence-corrected chi connectivity index (χ2v) is 9.71. The van der Waals surface area contributed by atoms with Gasteiger partial charge in [0, 0.05) is 38.7 Å². The van der Waals surface area contributed by atoms with Crippen LogP contribution in [0.5, 0.6) is 0 Å². The lowest BCUT2D eigenvalue weighted by Gasteiger charge is -2.19. The quantitative estimate of drug-likeness (QED) is 0.641. The molecule has 1 atom stereocenters. The van der Waals surface area contributed by atoms with E-state index in [1.54, 1.807) is 48.0 Å². The van der Waals surface area contributed by atoms with Crippen LogP contribution in [0.25, 0.3) is 0 Å². The Morgan fingerprint density at radius 3 is 2.46 bits per heavy atom. The van der Waals surface area contributed by atoms with Gasteiger partial charge in [-0.2, -0.15) is 0 Å². The number of carbonyl (C=O) groups excluding carboxylic acids is 1. The molecule has 0 radical (unpaired) electrons. The number of aromatic nitrogens is 1. The highest BCUT2D eigenvalue weighted by molar-refractivity contribution is 7.93. The predicted octanol–water partition coefficient (Wildman–Crippen LogP) is 3.15. The molecule has 0 unspecified atom stereocenters. The smallest absolute Gasteiger partial charge is 0.252 e. The molecular formula is C20H21N3O3S2. The van der Waals surface area contributed by atoms with Crippen molar-refractivity contribution in [2.75, 3.05) is 25.5 Å². The first-order valence-corrected chi connectivity index (χ1v) is 11.0. The van der Waals surface area contributed by atoms with Crippen LogP contribution >= 0.6 is 11.3 Å². The Hall–Kier alpha value is -2.71. The van der Waals surface area contributed by atoms with Gasteiger partial charge in [-0.05, 0) is 41.3 Å². The van der Waals surface area contributed by atoms with E-state index in [0.717, 1.165) is 5.69 Å². The van der Waals surface area contributed by atoms with Crippen LogP contribution in [0.1, 0.15) is 21.2 Å². The third kappa shape index (κ3) is 4.40. The van der Waals surface area contributed by atoms with Crippen molar-refractivity contribution >= 4 is 32.8 Å². The fourth-order valence-corrected chi connectivity index (χ4v) is 5.61. The number of nitrogens with zero attached hydrogens (tertiary/aromatic N) is 2. The Balaban J connectivity index is 1.89. The van der Waals surface area contributed by atoms with E-state index in [9.17, 15) is 13.2 Å². The first kappa shape index (κ1) is 20.0. The lowest BCUT2D eigenvalue weighted by molar-refractivity contribution is 0.0953. The average Bonchev–Trinajstić information content (AvgIpc) is 3.24. The molecule has 0 spiro atoms. The molecule has 2 aromatic heterocycles. The summed E-state index contributed by atoms with van der Waals surface area (Å²) < 4.78 is 26.7. The van der Waals surface area contributed by atoms with E-state index in [2.05, 4.69) is 10.3 Å². The van der Waals surface area contributed by atoms with Crippen LogP contribution in [-0.4, -0.2) is 39.9 Å². The van der Waals surface area contributed by atoms with Crippen molar-refractivity contribution in [2.24, 2.45) is 0 Å². The third-order valence-corrected chi connectivity index (χ3v) is 7.84.